The Balaban J connectivity index is 1.38. The summed E-state index contributed by atoms with van der Waals surface area (Å²) in [7, 11) is 0. The van der Waals surface area contributed by atoms with Crippen LogP contribution in [-0.2, 0) is 16.1 Å². The second-order valence-corrected chi connectivity index (χ2v) is 7.60. The van der Waals surface area contributed by atoms with Gasteiger partial charge in [0.2, 0.25) is 16.9 Å². The third kappa shape index (κ3) is 5.62. The third-order valence-corrected chi connectivity index (χ3v) is 5.55. The normalized spacial score (nSPS) is 14.8. The molecule has 0 atom stereocenters. The Kier molecular flexibility index (Phi) is 6.71. The summed E-state index contributed by atoms with van der Waals surface area (Å²) in [6, 6.07) is 9.69. The van der Waals surface area contributed by atoms with Crippen LogP contribution in [-0.4, -0.2) is 22.0 Å². The third-order valence-electron chi connectivity index (χ3n) is 4.55. The number of nitrogens with zero attached hydrogens (tertiary/aromatic N) is 2. The summed E-state index contributed by atoms with van der Waals surface area (Å²) in [5, 5.41) is 15.4. The number of nitrogens with one attached hydrogen (secondary N) is 2. The monoisotopic (exact) mass is 372 g/mol. The van der Waals surface area contributed by atoms with E-state index in [1.54, 1.807) is 0 Å². The lowest BCUT2D eigenvalue weighted by molar-refractivity contribution is -0.124. The molecular weight excluding hydrogens is 348 g/mol. The highest BCUT2D eigenvalue weighted by molar-refractivity contribution is 7.15. The topological polar surface area (TPSA) is 84.0 Å². The van der Waals surface area contributed by atoms with Gasteiger partial charge in [0, 0.05) is 25.3 Å². The van der Waals surface area contributed by atoms with E-state index in [-0.39, 0.29) is 24.7 Å². The highest BCUT2D eigenvalue weighted by atomic mass is 32.1. The van der Waals surface area contributed by atoms with Crippen molar-refractivity contribution in [3.63, 3.8) is 0 Å². The molecule has 0 radical (unpaired) electrons. The molecule has 0 spiro atoms. The zero-order valence-corrected chi connectivity index (χ0v) is 15.6. The molecule has 1 aliphatic rings. The van der Waals surface area contributed by atoms with Gasteiger partial charge in [0.25, 0.3) is 0 Å². The van der Waals surface area contributed by atoms with E-state index >= 15 is 0 Å². The van der Waals surface area contributed by atoms with Crippen molar-refractivity contribution >= 4 is 28.3 Å². The van der Waals surface area contributed by atoms with Crippen molar-refractivity contribution in [1.29, 1.82) is 0 Å². The second kappa shape index (κ2) is 9.43. The van der Waals surface area contributed by atoms with E-state index in [1.165, 1.54) is 30.6 Å². The van der Waals surface area contributed by atoms with Gasteiger partial charge in [0.1, 0.15) is 5.01 Å². The number of hydrogen-bond acceptors (Lipinski definition) is 5. The first kappa shape index (κ1) is 18.5. The van der Waals surface area contributed by atoms with E-state index in [2.05, 4.69) is 20.8 Å². The van der Waals surface area contributed by atoms with Gasteiger partial charge in [-0.25, -0.2) is 0 Å². The number of carbonyl (C=O) groups is 2. The first-order chi connectivity index (χ1) is 12.7. The Morgan fingerprint density at radius 1 is 1.00 bits per heavy atom. The van der Waals surface area contributed by atoms with Gasteiger partial charge >= 0.3 is 0 Å². The predicted octanol–water partition coefficient (Wildman–Crippen LogP) is 3.62. The van der Waals surface area contributed by atoms with E-state index in [9.17, 15) is 9.59 Å². The van der Waals surface area contributed by atoms with Crippen LogP contribution in [0.4, 0.5) is 5.13 Å². The summed E-state index contributed by atoms with van der Waals surface area (Å²) in [4.78, 5) is 23.9. The molecule has 0 saturated heterocycles. The van der Waals surface area contributed by atoms with E-state index < -0.39 is 0 Å². The lowest BCUT2D eigenvalue weighted by Crippen LogP contribution is -2.24. The fraction of sp³-hybridized carbons (Fsp3) is 0.474. The van der Waals surface area contributed by atoms with Crippen LogP contribution < -0.4 is 10.6 Å². The van der Waals surface area contributed by atoms with Crippen LogP contribution in [0.25, 0.3) is 0 Å². The molecule has 26 heavy (non-hydrogen) atoms. The van der Waals surface area contributed by atoms with Crippen molar-refractivity contribution in [2.24, 2.45) is 0 Å². The van der Waals surface area contributed by atoms with Crippen molar-refractivity contribution in [2.75, 3.05) is 5.32 Å². The van der Waals surface area contributed by atoms with Crippen molar-refractivity contribution < 1.29 is 9.59 Å². The molecule has 1 aromatic carbocycles. The molecule has 1 heterocycles. The van der Waals surface area contributed by atoms with Crippen LogP contribution in [0.1, 0.15) is 61.4 Å². The quantitative estimate of drug-likeness (QED) is 0.777. The number of anilines is 1. The molecule has 1 saturated carbocycles. The molecule has 1 aliphatic carbocycles. The number of benzene rings is 1. The van der Waals surface area contributed by atoms with Crippen LogP contribution in [0.5, 0.6) is 0 Å². The first-order valence-electron chi connectivity index (χ1n) is 9.14. The van der Waals surface area contributed by atoms with Crippen molar-refractivity contribution in [2.45, 2.75) is 57.4 Å². The fourth-order valence-electron chi connectivity index (χ4n) is 3.09. The second-order valence-electron chi connectivity index (χ2n) is 6.59. The minimum Gasteiger partial charge on any atom is -0.352 e. The van der Waals surface area contributed by atoms with Gasteiger partial charge in [-0.2, -0.15) is 0 Å². The van der Waals surface area contributed by atoms with Crippen LogP contribution in [0.15, 0.2) is 30.3 Å². The maximum atomic E-state index is 12.0. The minimum atomic E-state index is -0.203. The molecule has 0 bridgehead atoms. The Morgan fingerprint density at radius 2 is 1.73 bits per heavy atom. The average molecular weight is 372 g/mol. The summed E-state index contributed by atoms with van der Waals surface area (Å²) < 4.78 is 0. The van der Waals surface area contributed by atoms with E-state index in [1.807, 2.05) is 30.3 Å². The molecular formula is C19H24N4O2S. The predicted molar refractivity (Wildman–Crippen MR) is 102 cm³/mol. The largest absolute Gasteiger partial charge is 0.352 e. The SMILES string of the molecule is O=C(CCC(=O)Nc1nnc(C2CCCCC2)s1)NCc1ccccc1. The number of amides is 2. The molecule has 6 nitrogen and oxygen atoms in total. The number of aromatic nitrogens is 2. The van der Waals surface area contributed by atoms with Crippen LogP contribution in [0.2, 0.25) is 0 Å². The fourth-order valence-corrected chi connectivity index (χ4v) is 4.02. The maximum Gasteiger partial charge on any atom is 0.226 e. The van der Waals surface area contributed by atoms with Crippen molar-refractivity contribution in [3.05, 3.63) is 40.9 Å². The summed E-state index contributed by atoms with van der Waals surface area (Å²) in [5.41, 5.74) is 1.04. The minimum absolute atomic E-state index is 0.135. The van der Waals surface area contributed by atoms with Gasteiger partial charge in [0.05, 0.1) is 0 Å². The molecule has 2 aromatic rings. The Labute approximate surface area is 157 Å². The molecule has 0 unspecified atom stereocenters. The standard InChI is InChI=1S/C19H24N4O2S/c24-16(20-13-14-7-3-1-4-8-14)11-12-17(25)21-19-23-22-18(26-19)15-9-5-2-6-10-15/h1,3-4,7-8,15H,2,5-6,9-13H2,(H,20,24)(H,21,23,25). The van der Waals surface area contributed by atoms with Gasteiger partial charge in [-0.15, -0.1) is 10.2 Å². The number of carbonyl (C=O) groups excluding carboxylic acids is 2. The summed E-state index contributed by atoms with van der Waals surface area (Å²) in [6.07, 6.45) is 6.39. The Hall–Kier alpha value is -2.28. The molecule has 3 rings (SSSR count). The van der Waals surface area contributed by atoms with Gasteiger partial charge < -0.3 is 10.6 Å². The molecule has 7 heteroatoms. The van der Waals surface area contributed by atoms with Gasteiger partial charge in [0.15, 0.2) is 0 Å². The highest BCUT2D eigenvalue weighted by Crippen LogP contribution is 2.35. The van der Waals surface area contributed by atoms with Crippen LogP contribution in [0, 0.1) is 0 Å². The van der Waals surface area contributed by atoms with Gasteiger partial charge in [-0.3, -0.25) is 9.59 Å². The van der Waals surface area contributed by atoms with Gasteiger partial charge in [-0.05, 0) is 18.4 Å². The summed E-state index contributed by atoms with van der Waals surface area (Å²) in [5.74, 6) is 0.144. The van der Waals surface area contributed by atoms with E-state index in [4.69, 9.17) is 0 Å². The lowest BCUT2D eigenvalue weighted by Gasteiger charge is -2.18. The van der Waals surface area contributed by atoms with Gasteiger partial charge in [-0.1, -0.05) is 60.9 Å². The summed E-state index contributed by atoms with van der Waals surface area (Å²) >= 11 is 1.45. The molecule has 1 aromatic heterocycles. The lowest BCUT2D eigenvalue weighted by atomic mass is 9.90. The van der Waals surface area contributed by atoms with E-state index in [0.717, 1.165) is 23.4 Å². The first-order valence-corrected chi connectivity index (χ1v) is 9.96. The highest BCUT2D eigenvalue weighted by Gasteiger charge is 2.20. The Bertz CT molecular complexity index is 726. The Morgan fingerprint density at radius 3 is 2.50 bits per heavy atom. The molecule has 2 amide bonds. The van der Waals surface area contributed by atoms with Crippen LogP contribution in [0.3, 0.4) is 0 Å². The number of rotatable bonds is 7. The number of hydrogen-bond donors (Lipinski definition) is 2. The maximum absolute atomic E-state index is 12.0. The molecule has 2 N–H and O–H groups in total. The van der Waals surface area contributed by atoms with Crippen molar-refractivity contribution in [1.82, 2.24) is 15.5 Å². The zero-order valence-electron chi connectivity index (χ0n) is 14.7. The molecule has 0 aliphatic heterocycles. The van der Waals surface area contributed by atoms with Crippen LogP contribution >= 0.6 is 11.3 Å². The molecule has 138 valence electrons. The van der Waals surface area contributed by atoms with E-state index in [0.29, 0.717) is 17.6 Å². The van der Waals surface area contributed by atoms with Crippen molar-refractivity contribution in [3.8, 4) is 0 Å². The molecule has 1 fully saturated rings. The smallest absolute Gasteiger partial charge is 0.226 e. The average Bonchev–Trinajstić information content (AvgIpc) is 3.15. The summed E-state index contributed by atoms with van der Waals surface area (Å²) in [6.45, 7) is 0.475. The zero-order chi connectivity index (χ0) is 18.2.